The van der Waals surface area contributed by atoms with Gasteiger partial charge in [-0.25, -0.2) is 13.4 Å². The predicted molar refractivity (Wildman–Crippen MR) is 82.9 cm³/mol. The monoisotopic (exact) mass is 314 g/mol. The molecule has 1 atom stereocenters. The molecule has 1 aromatic heterocycles. The molecular weight excluding hydrogens is 288 g/mol. The van der Waals surface area contributed by atoms with Gasteiger partial charge in [-0.15, -0.1) is 0 Å². The van der Waals surface area contributed by atoms with Crippen molar-refractivity contribution in [3.63, 3.8) is 0 Å². The van der Waals surface area contributed by atoms with Crippen molar-refractivity contribution in [1.29, 1.82) is 0 Å². The Bertz CT molecular complexity index is 537. The van der Waals surface area contributed by atoms with Gasteiger partial charge in [0, 0.05) is 6.42 Å². The van der Waals surface area contributed by atoms with E-state index in [0.29, 0.717) is 24.0 Å². The highest BCUT2D eigenvalue weighted by Gasteiger charge is 2.33. The smallest absolute Gasteiger partial charge is 0.194 e. The van der Waals surface area contributed by atoms with E-state index in [1.807, 2.05) is 0 Å². The Hall–Kier alpha value is -0.880. The van der Waals surface area contributed by atoms with Gasteiger partial charge in [-0.2, -0.15) is 0 Å². The molecule has 1 aromatic rings. The largest absolute Gasteiger partial charge is 0.444 e. The maximum Gasteiger partial charge on any atom is 0.194 e. The molecule has 1 unspecified atom stereocenters. The molecule has 1 aliphatic rings. The number of aryl methyl sites for hydroxylation is 1. The van der Waals surface area contributed by atoms with Gasteiger partial charge in [0.1, 0.15) is 11.0 Å². The summed E-state index contributed by atoms with van der Waals surface area (Å²) in [5.74, 6) is 2.10. The highest BCUT2D eigenvalue weighted by molar-refractivity contribution is 7.91. The average molecular weight is 314 g/mol. The van der Waals surface area contributed by atoms with Gasteiger partial charge in [-0.1, -0.05) is 20.3 Å². The lowest BCUT2D eigenvalue weighted by molar-refractivity contribution is 0.423. The Morgan fingerprint density at radius 2 is 2.24 bits per heavy atom. The summed E-state index contributed by atoms with van der Waals surface area (Å²) >= 11 is 0. The Kier molecular flexibility index (Phi) is 5.81. The number of hydrogen-bond acceptors (Lipinski definition) is 5. The zero-order valence-corrected chi connectivity index (χ0v) is 13.8. The molecule has 1 N–H and O–H groups in total. The number of rotatable bonds is 7. The molecule has 0 radical (unpaired) electrons. The fourth-order valence-corrected chi connectivity index (χ4v) is 4.50. The summed E-state index contributed by atoms with van der Waals surface area (Å²) in [6.45, 7) is 6.30. The molecule has 2 rings (SSSR count). The van der Waals surface area contributed by atoms with Crippen LogP contribution in [0.5, 0.6) is 0 Å². The second-order valence-electron chi connectivity index (χ2n) is 6.21. The molecule has 0 aromatic carbocycles. The van der Waals surface area contributed by atoms with E-state index >= 15 is 0 Å². The molecule has 1 aliphatic heterocycles. The van der Waals surface area contributed by atoms with Gasteiger partial charge in [0.25, 0.3) is 0 Å². The Balaban J connectivity index is 1.84. The number of nitrogens with zero attached hydrogens (tertiary/aromatic N) is 1. The van der Waals surface area contributed by atoms with Crippen molar-refractivity contribution in [3.05, 3.63) is 17.8 Å². The summed E-state index contributed by atoms with van der Waals surface area (Å²) in [6, 6.07) is 0. The van der Waals surface area contributed by atoms with E-state index in [2.05, 4.69) is 24.1 Å². The minimum atomic E-state index is -3.05. The van der Waals surface area contributed by atoms with Crippen molar-refractivity contribution in [3.8, 4) is 0 Å². The Morgan fingerprint density at radius 1 is 1.43 bits per heavy atom. The maximum absolute atomic E-state index is 12.1. The molecule has 0 aliphatic carbocycles. The SMILES string of the molecule is CC(C)CNCCCc1ncc(C2CCCCS2(=O)=O)o1. The van der Waals surface area contributed by atoms with Crippen LogP contribution in [0.25, 0.3) is 0 Å². The molecule has 21 heavy (non-hydrogen) atoms. The molecule has 0 bridgehead atoms. The van der Waals surface area contributed by atoms with Crippen LogP contribution in [0.3, 0.4) is 0 Å². The first kappa shape index (κ1) is 16.5. The second-order valence-corrected chi connectivity index (χ2v) is 8.51. The van der Waals surface area contributed by atoms with E-state index in [0.717, 1.165) is 38.8 Å². The molecule has 120 valence electrons. The summed E-state index contributed by atoms with van der Waals surface area (Å²) in [5.41, 5.74) is 0. The van der Waals surface area contributed by atoms with Crippen molar-refractivity contribution < 1.29 is 12.8 Å². The van der Waals surface area contributed by atoms with Gasteiger partial charge in [0.05, 0.1) is 11.9 Å². The van der Waals surface area contributed by atoms with E-state index in [1.165, 1.54) is 0 Å². The van der Waals surface area contributed by atoms with Crippen LogP contribution in [0.15, 0.2) is 10.6 Å². The summed E-state index contributed by atoms with van der Waals surface area (Å²) in [6.07, 6.45) is 5.67. The summed E-state index contributed by atoms with van der Waals surface area (Å²) in [7, 11) is -3.05. The molecule has 0 amide bonds. The molecule has 6 heteroatoms. The van der Waals surface area contributed by atoms with Crippen molar-refractivity contribution in [1.82, 2.24) is 10.3 Å². The molecule has 5 nitrogen and oxygen atoms in total. The topological polar surface area (TPSA) is 72.2 Å². The van der Waals surface area contributed by atoms with Crippen LogP contribution < -0.4 is 5.32 Å². The molecule has 1 saturated heterocycles. The zero-order valence-electron chi connectivity index (χ0n) is 13.0. The second kappa shape index (κ2) is 7.40. The van der Waals surface area contributed by atoms with Gasteiger partial charge in [-0.05, 0) is 38.3 Å². The van der Waals surface area contributed by atoms with Gasteiger partial charge >= 0.3 is 0 Å². The molecule has 0 saturated carbocycles. The van der Waals surface area contributed by atoms with E-state index in [-0.39, 0.29) is 5.75 Å². The van der Waals surface area contributed by atoms with Crippen molar-refractivity contribution in [2.45, 2.75) is 51.2 Å². The van der Waals surface area contributed by atoms with Crippen LogP contribution in [0.4, 0.5) is 0 Å². The third-order valence-corrected chi connectivity index (χ3v) is 5.96. The number of aromatic nitrogens is 1. The van der Waals surface area contributed by atoms with Crippen LogP contribution in [0.1, 0.15) is 56.4 Å². The molecular formula is C15H26N2O3S. The van der Waals surface area contributed by atoms with Crippen molar-refractivity contribution in [2.75, 3.05) is 18.8 Å². The lowest BCUT2D eigenvalue weighted by atomic mass is 10.1. The highest BCUT2D eigenvalue weighted by atomic mass is 32.2. The number of hydrogen-bond donors (Lipinski definition) is 1. The summed E-state index contributed by atoms with van der Waals surface area (Å²) < 4.78 is 29.8. The summed E-state index contributed by atoms with van der Waals surface area (Å²) in [5, 5.41) is 2.89. The molecule has 1 fully saturated rings. The minimum Gasteiger partial charge on any atom is -0.444 e. The predicted octanol–water partition coefficient (Wildman–Crippen LogP) is 2.49. The fourth-order valence-electron chi connectivity index (χ4n) is 2.62. The van der Waals surface area contributed by atoms with E-state index in [1.54, 1.807) is 6.20 Å². The summed E-state index contributed by atoms with van der Waals surface area (Å²) in [4.78, 5) is 4.23. The Labute approximate surface area is 127 Å². The van der Waals surface area contributed by atoms with Gasteiger partial charge in [0.2, 0.25) is 0 Å². The third kappa shape index (κ3) is 4.81. The van der Waals surface area contributed by atoms with Gasteiger partial charge in [-0.3, -0.25) is 0 Å². The van der Waals surface area contributed by atoms with Crippen LogP contribution >= 0.6 is 0 Å². The van der Waals surface area contributed by atoms with E-state index < -0.39 is 15.1 Å². The van der Waals surface area contributed by atoms with Crippen LogP contribution in [0, 0.1) is 5.92 Å². The molecule has 2 heterocycles. The lowest BCUT2D eigenvalue weighted by Crippen LogP contribution is -2.21. The lowest BCUT2D eigenvalue weighted by Gasteiger charge is -2.19. The van der Waals surface area contributed by atoms with Crippen LogP contribution in [-0.2, 0) is 16.3 Å². The van der Waals surface area contributed by atoms with Gasteiger partial charge in [0.15, 0.2) is 15.7 Å². The third-order valence-electron chi connectivity index (χ3n) is 3.76. The molecule has 0 spiro atoms. The first-order valence-corrected chi connectivity index (χ1v) is 9.57. The normalized spacial score (nSPS) is 21.8. The first-order chi connectivity index (χ1) is 9.99. The van der Waals surface area contributed by atoms with E-state index in [9.17, 15) is 8.42 Å². The quantitative estimate of drug-likeness (QED) is 0.783. The van der Waals surface area contributed by atoms with Gasteiger partial charge < -0.3 is 9.73 Å². The van der Waals surface area contributed by atoms with Crippen LogP contribution in [0.2, 0.25) is 0 Å². The average Bonchev–Trinajstić information content (AvgIpc) is 2.86. The van der Waals surface area contributed by atoms with Crippen molar-refractivity contribution in [2.24, 2.45) is 5.92 Å². The maximum atomic E-state index is 12.1. The van der Waals surface area contributed by atoms with E-state index in [4.69, 9.17) is 4.42 Å². The van der Waals surface area contributed by atoms with Crippen molar-refractivity contribution >= 4 is 9.84 Å². The standard InChI is InChI=1S/C15H26N2O3S/c1-12(2)10-16-8-5-7-15-17-11-13(20-15)14-6-3-4-9-21(14,18)19/h11-12,14,16H,3-10H2,1-2H3. The number of nitrogens with one attached hydrogen (secondary N) is 1. The zero-order chi connectivity index (χ0) is 15.3. The Morgan fingerprint density at radius 3 is 2.95 bits per heavy atom. The minimum absolute atomic E-state index is 0.271. The number of sulfone groups is 1. The first-order valence-electron chi connectivity index (χ1n) is 7.86. The fraction of sp³-hybridized carbons (Fsp3) is 0.800. The highest BCUT2D eigenvalue weighted by Crippen LogP contribution is 2.33. The number of oxazole rings is 1. The van der Waals surface area contributed by atoms with Crippen LogP contribution in [-0.4, -0.2) is 32.2 Å².